The molecule has 0 aliphatic heterocycles. The van der Waals surface area contributed by atoms with Crippen molar-refractivity contribution in [3.63, 3.8) is 0 Å². The number of pyridine rings is 1. The molecule has 0 aliphatic rings. The fourth-order valence-electron chi connectivity index (χ4n) is 1.02. The normalized spacial score (nSPS) is 10.3. The molecular formula is C9H5BrN. The molecule has 0 bridgehead atoms. The minimum atomic E-state index is 1.02. The molecule has 0 unspecified atom stereocenters. The summed E-state index contributed by atoms with van der Waals surface area (Å²) in [5.74, 6) is 0. The van der Waals surface area contributed by atoms with Gasteiger partial charge >= 0.3 is 0 Å². The Labute approximate surface area is 73.2 Å². The number of aromatic nitrogens is 1. The van der Waals surface area contributed by atoms with E-state index in [9.17, 15) is 0 Å². The molecule has 2 heteroatoms. The maximum atomic E-state index is 3.94. The van der Waals surface area contributed by atoms with E-state index in [0.29, 0.717) is 0 Å². The van der Waals surface area contributed by atoms with Crippen molar-refractivity contribution in [3.05, 3.63) is 41.1 Å². The molecule has 53 valence electrons. The van der Waals surface area contributed by atoms with Crippen LogP contribution < -0.4 is 0 Å². The van der Waals surface area contributed by atoms with Gasteiger partial charge in [-0.05, 0) is 21.3 Å². The number of fused-ring (bicyclic) bond motifs is 1. The number of halogens is 1. The molecule has 1 radical (unpaired) electrons. The van der Waals surface area contributed by atoms with E-state index < -0.39 is 0 Å². The lowest BCUT2D eigenvalue weighted by Crippen LogP contribution is -1.76. The summed E-state index contributed by atoms with van der Waals surface area (Å²) in [6, 6.07) is 8.01. The van der Waals surface area contributed by atoms with Gasteiger partial charge in [0, 0.05) is 16.1 Å². The summed E-state index contributed by atoms with van der Waals surface area (Å²) in [4.78, 5) is 3.94. The minimum absolute atomic E-state index is 1.02. The van der Waals surface area contributed by atoms with Crippen LogP contribution in [0, 0.1) is 6.20 Å². The SMILES string of the molecule is Brc1cn[c]c2ccccc12. The van der Waals surface area contributed by atoms with Crippen LogP contribution in [0.5, 0.6) is 0 Å². The van der Waals surface area contributed by atoms with Crippen molar-refractivity contribution in [2.24, 2.45) is 0 Å². The summed E-state index contributed by atoms with van der Waals surface area (Å²) in [7, 11) is 0. The molecule has 1 heterocycles. The third-order valence-corrected chi connectivity index (χ3v) is 2.18. The van der Waals surface area contributed by atoms with Crippen LogP contribution in [0.1, 0.15) is 0 Å². The zero-order valence-corrected chi connectivity index (χ0v) is 7.30. The molecule has 0 saturated heterocycles. The predicted molar refractivity (Wildman–Crippen MR) is 48.3 cm³/mol. The molecular weight excluding hydrogens is 202 g/mol. The Hall–Kier alpha value is -0.890. The van der Waals surface area contributed by atoms with Crippen LogP contribution in [-0.4, -0.2) is 4.98 Å². The Balaban J connectivity index is 2.91. The van der Waals surface area contributed by atoms with E-state index >= 15 is 0 Å². The van der Waals surface area contributed by atoms with Gasteiger partial charge in [0.2, 0.25) is 0 Å². The molecule has 0 atom stereocenters. The Bertz CT molecular complexity index is 379. The van der Waals surface area contributed by atoms with E-state index in [-0.39, 0.29) is 0 Å². The Kier molecular flexibility index (Phi) is 1.62. The van der Waals surface area contributed by atoms with Gasteiger partial charge in [0.1, 0.15) is 0 Å². The van der Waals surface area contributed by atoms with Gasteiger partial charge in [-0.2, -0.15) is 0 Å². The van der Waals surface area contributed by atoms with Crippen molar-refractivity contribution in [3.8, 4) is 0 Å². The average molecular weight is 207 g/mol. The predicted octanol–water partition coefficient (Wildman–Crippen LogP) is 2.80. The second-order valence-electron chi connectivity index (χ2n) is 2.26. The van der Waals surface area contributed by atoms with Gasteiger partial charge in [0.15, 0.2) is 0 Å². The topological polar surface area (TPSA) is 12.9 Å². The van der Waals surface area contributed by atoms with Crippen molar-refractivity contribution in [2.45, 2.75) is 0 Å². The van der Waals surface area contributed by atoms with Gasteiger partial charge in [-0.1, -0.05) is 24.3 Å². The smallest absolute Gasteiger partial charge is 0.0971 e. The zero-order valence-electron chi connectivity index (χ0n) is 5.71. The molecule has 1 nitrogen and oxygen atoms in total. The van der Waals surface area contributed by atoms with E-state index in [1.807, 2.05) is 24.3 Å². The molecule has 0 aliphatic carbocycles. The first-order chi connectivity index (χ1) is 5.38. The zero-order chi connectivity index (χ0) is 7.68. The van der Waals surface area contributed by atoms with Crippen LogP contribution in [0.25, 0.3) is 10.8 Å². The summed E-state index contributed by atoms with van der Waals surface area (Å²) in [5, 5.41) is 2.20. The number of rotatable bonds is 0. The van der Waals surface area contributed by atoms with E-state index in [2.05, 4.69) is 27.1 Å². The lowest BCUT2D eigenvalue weighted by molar-refractivity contribution is 1.33. The fraction of sp³-hybridized carbons (Fsp3) is 0. The van der Waals surface area contributed by atoms with Crippen molar-refractivity contribution in [2.75, 3.05) is 0 Å². The van der Waals surface area contributed by atoms with Crippen molar-refractivity contribution < 1.29 is 0 Å². The Morgan fingerprint density at radius 1 is 1.27 bits per heavy atom. The van der Waals surface area contributed by atoms with Crippen LogP contribution in [-0.2, 0) is 0 Å². The largest absolute Gasteiger partial charge is 0.253 e. The van der Waals surface area contributed by atoms with E-state index in [1.54, 1.807) is 6.20 Å². The maximum Gasteiger partial charge on any atom is 0.0971 e. The van der Waals surface area contributed by atoms with Crippen LogP contribution in [0.3, 0.4) is 0 Å². The van der Waals surface area contributed by atoms with Crippen molar-refractivity contribution >= 4 is 26.7 Å². The molecule has 2 rings (SSSR count). The van der Waals surface area contributed by atoms with Gasteiger partial charge in [-0.15, -0.1) is 0 Å². The van der Waals surface area contributed by atoms with Crippen molar-refractivity contribution in [1.82, 2.24) is 4.98 Å². The molecule has 1 aromatic carbocycles. The average Bonchev–Trinajstić information content (AvgIpc) is 2.06. The molecule has 2 aromatic rings. The standard InChI is InChI=1S/C9H5BrN/c10-9-6-11-5-7-3-1-2-4-8(7)9/h1-4,6H. The maximum absolute atomic E-state index is 3.94. The molecule has 0 spiro atoms. The fourth-order valence-corrected chi connectivity index (χ4v) is 1.47. The van der Waals surface area contributed by atoms with Crippen LogP contribution >= 0.6 is 15.9 Å². The summed E-state index contributed by atoms with van der Waals surface area (Å²) in [5.41, 5.74) is 0. The van der Waals surface area contributed by atoms with E-state index in [1.165, 1.54) is 0 Å². The molecule has 0 fully saturated rings. The first-order valence-corrected chi connectivity index (χ1v) is 4.08. The summed E-state index contributed by atoms with van der Waals surface area (Å²) >= 11 is 3.41. The molecule has 0 saturated carbocycles. The van der Waals surface area contributed by atoms with Gasteiger partial charge in [-0.3, -0.25) is 4.98 Å². The summed E-state index contributed by atoms with van der Waals surface area (Å²) in [6.45, 7) is 0. The van der Waals surface area contributed by atoms with Gasteiger partial charge in [0.05, 0.1) is 6.20 Å². The van der Waals surface area contributed by atoms with Crippen molar-refractivity contribution in [1.29, 1.82) is 0 Å². The highest BCUT2D eigenvalue weighted by atomic mass is 79.9. The van der Waals surface area contributed by atoms with Gasteiger partial charge < -0.3 is 0 Å². The first-order valence-electron chi connectivity index (χ1n) is 3.29. The second kappa shape index (κ2) is 2.62. The number of benzene rings is 1. The minimum Gasteiger partial charge on any atom is -0.253 e. The lowest BCUT2D eigenvalue weighted by Gasteiger charge is -1.96. The Morgan fingerprint density at radius 2 is 2.09 bits per heavy atom. The number of hydrogen-bond acceptors (Lipinski definition) is 1. The van der Waals surface area contributed by atoms with E-state index in [4.69, 9.17) is 0 Å². The number of nitrogens with zero attached hydrogens (tertiary/aromatic N) is 1. The highest BCUT2D eigenvalue weighted by Gasteiger charge is 1.95. The first kappa shape index (κ1) is 6.80. The van der Waals surface area contributed by atoms with Crippen LogP contribution in [0.15, 0.2) is 34.9 Å². The summed E-state index contributed by atoms with van der Waals surface area (Å²) < 4.78 is 1.02. The third-order valence-electron chi connectivity index (χ3n) is 1.55. The molecule has 1 aromatic heterocycles. The van der Waals surface area contributed by atoms with E-state index in [0.717, 1.165) is 15.2 Å². The highest BCUT2D eigenvalue weighted by Crippen LogP contribution is 2.20. The summed E-state index contributed by atoms with van der Waals surface area (Å²) in [6.07, 6.45) is 4.66. The second-order valence-corrected chi connectivity index (χ2v) is 3.12. The third kappa shape index (κ3) is 1.14. The van der Waals surface area contributed by atoms with Crippen LogP contribution in [0.4, 0.5) is 0 Å². The van der Waals surface area contributed by atoms with Gasteiger partial charge in [-0.25, -0.2) is 0 Å². The van der Waals surface area contributed by atoms with Crippen LogP contribution in [0.2, 0.25) is 0 Å². The monoisotopic (exact) mass is 206 g/mol. The van der Waals surface area contributed by atoms with Gasteiger partial charge in [0.25, 0.3) is 0 Å². The molecule has 0 amide bonds. The Morgan fingerprint density at radius 3 is 2.91 bits per heavy atom. The number of hydrogen-bond donors (Lipinski definition) is 0. The highest BCUT2D eigenvalue weighted by molar-refractivity contribution is 9.10. The molecule has 0 N–H and O–H groups in total. The molecule has 11 heavy (non-hydrogen) atoms. The lowest BCUT2D eigenvalue weighted by atomic mass is 10.2. The quantitative estimate of drug-likeness (QED) is 0.647.